The number of hydrogen-bond donors (Lipinski definition) is 1. The van der Waals surface area contributed by atoms with Gasteiger partial charge in [-0.25, -0.2) is 0 Å². The van der Waals surface area contributed by atoms with Crippen molar-refractivity contribution in [2.24, 2.45) is 0 Å². The van der Waals surface area contributed by atoms with Crippen molar-refractivity contribution >= 4 is 28.3 Å². The Balaban J connectivity index is 0.00000161. The predicted molar refractivity (Wildman–Crippen MR) is 94.3 cm³/mol. The molecule has 5 heteroatoms. The third kappa shape index (κ3) is 4.42. The molecule has 1 aromatic rings. The van der Waals surface area contributed by atoms with Crippen LogP contribution in [0.3, 0.4) is 0 Å². The molecule has 21 heavy (non-hydrogen) atoms. The van der Waals surface area contributed by atoms with Crippen LogP contribution in [0.1, 0.15) is 17.5 Å². The van der Waals surface area contributed by atoms with Crippen LogP contribution in [0, 0.1) is 6.92 Å². The quantitative estimate of drug-likeness (QED) is 0.877. The number of aryl methyl sites for hydroxylation is 1. The standard InChI is InChI=1S/C16H24BrN3.ClH/c1-13-2-3-14(10-16(13)17)12-19-6-8-20(9-7-19)15-4-5-18-11-15;/h2-3,10,15,18H,4-9,11-12H2,1H3;1H. The molecule has 2 saturated heterocycles. The SMILES string of the molecule is Cc1ccc(CN2CCN(C3CCNC3)CC2)cc1Br.Cl. The molecule has 1 N–H and O–H groups in total. The molecule has 1 unspecified atom stereocenters. The van der Waals surface area contributed by atoms with Crippen LogP contribution in [-0.2, 0) is 6.54 Å². The van der Waals surface area contributed by atoms with Gasteiger partial charge in [0, 0.05) is 49.8 Å². The average molecular weight is 375 g/mol. The van der Waals surface area contributed by atoms with Gasteiger partial charge in [-0.2, -0.15) is 0 Å². The van der Waals surface area contributed by atoms with Crippen LogP contribution in [0.25, 0.3) is 0 Å². The number of piperazine rings is 1. The Morgan fingerprint density at radius 2 is 2.00 bits per heavy atom. The van der Waals surface area contributed by atoms with Crippen molar-refractivity contribution in [2.45, 2.75) is 25.9 Å². The number of nitrogens with one attached hydrogen (secondary N) is 1. The van der Waals surface area contributed by atoms with Crippen LogP contribution in [0.15, 0.2) is 22.7 Å². The van der Waals surface area contributed by atoms with Gasteiger partial charge in [0.2, 0.25) is 0 Å². The molecular weight excluding hydrogens is 350 g/mol. The zero-order valence-electron chi connectivity index (χ0n) is 12.6. The van der Waals surface area contributed by atoms with E-state index in [0.717, 1.165) is 12.6 Å². The van der Waals surface area contributed by atoms with E-state index in [4.69, 9.17) is 0 Å². The first-order valence-electron chi connectivity index (χ1n) is 7.64. The van der Waals surface area contributed by atoms with Crippen molar-refractivity contribution in [3.63, 3.8) is 0 Å². The van der Waals surface area contributed by atoms with Gasteiger partial charge < -0.3 is 5.32 Å². The predicted octanol–water partition coefficient (Wildman–Crippen LogP) is 2.66. The Hall–Kier alpha value is -0.130. The summed E-state index contributed by atoms with van der Waals surface area (Å²) in [6.07, 6.45) is 1.32. The van der Waals surface area contributed by atoms with Crippen molar-refractivity contribution in [1.29, 1.82) is 0 Å². The summed E-state index contributed by atoms with van der Waals surface area (Å²) in [6.45, 7) is 10.4. The fraction of sp³-hybridized carbons (Fsp3) is 0.625. The van der Waals surface area contributed by atoms with E-state index in [1.54, 1.807) is 0 Å². The minimum absolute atomic E-state index is 0. The molecule has 2 aliphatic heterocycles. The maximum atomic E-state index is 3.63. The molecule has 0 amide bonds. The molecule has 0 aromatic heterocycles. The zero-order valence-corrected chi connectivity index (χ0v) is 15.0. The van der Waals surface area contributed by atoms with Crippen LogP contribution in [-0.4, -0.2) is 55.1 Å². The van der Waals surface area contributed by atoms with Crippen LogP contribution >= 0.6 is 28.3 Å². The van der Waals surface area contributed by atoms with Gasteiger partial charge in [0.15, 0.2) is 0 Å². The molecule has 2 heterocycles. The molecule has 0 bridgehead atoms. The summed E-state index contributed by atoms with van der Waals surface area (Å²) in [6, 6.07) is 7.51. The van der Waals surface area contributed by atoms with Crippen molar-refractivity contribution in [3.05, 3.63) is 33.8 Å². The molecule has 3 nitrogen and oxygen atoms in total. The number of rotatable bonds is 3. The van der Waals surface area contributed by atoms with E-state index in [-0.39, 0.29) is 12.4 Å². The highest BCUT2D eigenvalue weighted by Gasteiger charge is 2.25. The lowest BCUT2D eigenvalue weighted by molar-refractivity contribution is 0.0981. The average Bonchev–Trinajstić information content (AvgIpc) is 2.98. The second kappa shape index (κ2) is 7.93. The largest absolute Gasteiger partial charge is 0.315 e. The van der Waals surface area contributed by atoms with E-state index in [1.807, 2.05) is 0 Å². The summed E-state index contributed by atoms with van der Waals surface area (Å²) in [4.78, 5) is 5.25. The van der Waals surface area contributed by atoms with Crippen molar-refractivity contribution in [1.82, 2.24) is 15.1 Å². The molecule has 0 saturated carbocycles. The van der Waals surface area contributed by atoms with Gasteiger partial charge in [-0.15, -0.1) is 12.4 Å². The van der Waals surface area contributed by atoms with Gasteiger partial charge in [0.25, 0.3) is 0 Å². The second-order valence-corrected chi connectivity index (χ2v) is 6.90. The summed E-state index contributed by atoms with van der Waals surface area (Å²) >= 11 is 3.63. The van der Waals surface area contributed by atoms with Gasteiger partial charge in [-0.05, 0) is 37.1 Å². The first-order valence-corrected chi connectivity index (χ1v) is 8.44. The van der Waals surface area contributed by atoms with Crippen LogP contribution in [0.5, 0.6) is 0 Å². The molecule has 0 aliphatic carbocycles. The lowest BCUT2D eigenvalue weighted by Gasteiger charge is -2.37. The molecule has 0 spiro atoms. The fourth-order valence-corrected chi connectivity index (χ4v) is 3.66. The van der Waals surface area contributed by atoms with E-state index in [2.05, 4.69) is 56.2 Å². The van der Waals surface area contributed by atoms with Gasteiger partial charge >= 0.3 is 0 Å². The van der Waals surface area contributed by atoms with Gasteiger partial charge in [0.1, 0.15) is 0 Å². The van der Waals surface area contributed by atoms with Crippen LogP contribution < -0.4 is 5.32 Å². The molecule has 1 atom stereocenters. The summed E-state index contributed by atoms with van der Waals surface area (Å²) in [5.41, 5.74) is 2.73. The summed E-state index contributed by atoms with van der Waals surface area (Å²) < 4.78 is 1.23. The number of hydrogen-bond acceptors (Lipinski definition) is 3. The lowest BCUT2D eigenvalue weighted by Crippen LogP contribution is -2.50. The first-order chi connectivity index (χ1) is 9.72. The van der Waals surface area contributed by atoms with E-state index < -0.39 is 0 Å². The third-order valence-corrected chi connectivity index (χ3v) is 5.45. The molecule has 118 valence electrons. The van der Waals surface area contributed by atoms with Gasteiger partial charge in [-0.1, -0.05) is 28.1 Å². The Bertz CT molecular complexity index is 455. The Kier molecular flexibility index (Phi) is 6.51. The molecule has 3 rings (SSSR count). The Morgan fingerprint density at radius 3 is 2.62 bits per heavy atom. The third-order valence-electron chi connectivity index (χ3n) is 4.60. The minimum atomic E-state index is 0. The normalized spacial score (nSPS) is 24.0. The van der Waals surface area contributed by atoms with Gasteiger partial charge in [0.05, 0.1) is 0 Å². The maximum Gasteiger partial charge on any atom is 0.0235 e. The van der Waals surface area contributed by atoms with Crippen LogP contribution in [0.2, 0.25) is 0 Å². The first kappa shape index (κ1) is 17.2. The Labute approximate surface area is 142 Å². The molecule has 2 aliphatic rings. The smallest absolute Gasteiger partial charge is 0.0235 e. The number of benzene rings is 1. The number of nitrogens with zero attached hydrogens (tertiary/aromatic N) is 2. The summed E-state index contributed by atoms with van der Waals surface area (Å²) in [5.74, 6) is 0. The minimum Gasteiger partial charge on any atom is -0.315 e. The highest BCUT2D eigenvalue weighted by atomic mass is 79.9. The monoisotopic (exact) mass is 373 g/mol. The van der Waals surface area contributed by atoms with E-state index in [0.29, 0.717) is 0 Å². The topological polar surface area (TPSA) is 18.5 Å². The maximum absolute atomic E-state index is 3.63. The highest BCUT2D eigenvalue weighted by Crippen LogP contribution is 2.19. The van der Waals surface area contributed by atoms with Crippen molar-refractivity contribution in [3.8, 4) is 0 Å². The molecule has 1 aromatic carbocycles. The van der Waals surface area contributed by atoms with Gasteiger partial charge in [-0.3, -0.25) is 9.80 Å². The summed E-state index contributed by atoms with van der Waals surface area (Å²) in [5, 5.41) is 3.47. The second-order valence-electron chi connectivity index (χ2n) is 6.04. The Morgan fingerprint density at radius 1 is 1.24 bits per heavy atom. The van der Waals surface area contributed by atoms with Crippen molar-refractivity contribution in [2.75, 3.05) is 39.3 Å². The zero-order chi connectivity index (χ0) is 13.9. The van der Waals surface area contributed by atoms with E-state index >= 15 is 0 Å². The number of halogens is 2. The molecule has 2 fully saturated rings. The molecule has 0 radical (unpaired) electrons. The lowest BCUT2D eigenvalue weighted by atomic mass is 10.1. The van der Waals surface area contributed by atoms with Crippen molar-refractivity contribution < 1.29 is 0 Å². The van der Waals surface area contributed by atoms with Crippen LogP contribution in [0.4, 0.5) is 0 Å². The molecular formula is C16H25BrClN3. The van der Waals surface area contributed by atoms with E-state index in [9.17, 15) is 0 Å². The fourth-order valence-electron chi connectivity index (χ4n) is 3.23. The van der Waals surface area contributed by atoms with E-state index in [1.165, 1.54) is 61.3 Å². The highest BCUT2D eigenvalue weighted by molar-refractivity contribution is 9.10. The summed E-state index contributed by atoms with van der Waals surface area (Å²) in [7, 11) is 0.